The molecule has 2 heterocycles. The lowest BCUT2D eigenvalue weighted by Gasteiger charge is -2.16. The second-order valence-electron chi connectivity index (χ2n) is 4.47. The van der Waals surface area contributed by atoms with Crippen LogP contribution in [0.1, 0.15) is 28.6 Å². The number of carbonyl (C=O) groups is 1. The molecule has 2 unspecified atom stereocenters. The van der Waals surface area contributed by atoms with E-state index in [0.29, 0.717) is 18.6 Å². The summed E-state index contributed by atoms with van der Waals surface area (Å²) in [7, 11) is -3.84. The van der Waals surface area contributed by atoms with Crippen molar-refractivity contribution in [1.82, 2.24) is 4.72 Å². The molecule has 0 radical (unpaired) electrons. The van der Waals surface area contributed by atoms with Crippen molar-refractivity contribution in [1.29, 1.82) is 0 Å². The Hall–Kier alpha value is -0.960. The summed E-state index contributed by atoms with van der Waals surface area (Å²) in [6, 6.07) is -0.314. The van der Waals surface area contributed by atoms with E-state index in [-0.39, 0.29) is 21.9 Å². The molecule has 0 spiro atoms. The molecule has 0 aromatic carbocycles. The summed E-state index contributed by atoms with van der Waals surface area (Å²) in [4.78, 5) is 10.8. The molecule has 6 nitrogen and oxygen atoms in total. The second kappa shape index (κ2) is 5.20. The predicted octanol–water partition coefficient (Wildman–Crippen LogP) is 1.21. The SMILES string of the molecule is Cc1csc(C(=O)O)c1S(=O)(=O)NC1CCOC1C. The van der Waals surface area contributed by atoms with Crippen LogP contribution in [0.25, 0.3) is 0 Å². The maximum atomic E-state index is 12.3. The zero-order chi connectivity index (χ0) is 14.2. The minimum Gasteiger partial charge on any atom is -0.477 e. The van der Waals surface area contributed by atoms with E-state index in [1.807, 2.05) is 0 Å². The van der Waals surface area contributed by atoms with E-state index in [9.17, 15) is 13.2 Å². The molecule has 1 saturated heterocycles. The number of carboxylic acid groups (broad SMARTS) is 1. The molecule has 0 saturated carbocycles. The van der Waals surface area contributed by atoms with E-state index in [2.05, 4.69) is 4.72 Å². The fraction of sp³-hybridized carbons (Fsp3) is 0.545. The van der Waals surface area contributed by atoms with Gasteiger partial charge in [0.1, 0.15) is 9.77 Å². The number of nitrogens with one attached hydrogen (secondary N) is 1. The molecule has 1 aliphatic rings. The Kier molecular flexibility index (Phi) is 3.95. The molecule has 1 fully saturated rings. The average molecular weight is 305 g/mol. The van der Waals surface area contributed by atoms with Gasteiger partial charge in [-0.3, -0.25) is 0 Å². The highest BCUT2D eigenvalue weighted by atomic mass is 32.2. The molecule has 2 atom stereocenters. The lowest BCUT2D eigenvalue weighted by Crippen LogP contribution is -2.39. The summed E-state index contributed by atoms with van der Waals surface area (Å²) in [5.41, 5.74) is 0.446. The Labute approximate surface area is 115 Å². The molecule has 1 aromatic rings. The van der Waals surface area contributed by atoms with Crippen LogP contribution in [0, 0.1) is 6.92 Å². The smallest absolute Gasteiger partial charge is 0.347 e. The van der Waals surface area contributed by atoms with Crippen LogP contribution in [-0.4, -0.2) is 38.2 Å². The van der Waals surface area contributed by atoms with Crippen LogP contribution < -0.4 is 4.72 Å². The lowest BCUT2D eigenvalue weighted by atomic mass is 10.2. The van der Waals surface area contributed by atoms with Gasteiger partial charge < -0.3 is 9.84 Å². The van der Waals surface area contributed by atoms with Crippen molar-refractivity contribution in [2.24, 2.45) is 0 Å². The fourth-order valence-corrected chi connectivity index (χ4v) is 5.03. The van der Waals surface area contributed by atoms with Crippen molar-refractivity contribution >= 4 is 27.3 Å². The third-order valence-electron chi connectivity index (χ3n) is 3.06. The van der Waals surface area contributed by atoms with E-state index in [0.717, 1.165) is 11.3 Å². The number of sulfonamides is 1. The van der Waals surface area contributed by atoms with Crippen molar-refractivity contribution in [2.45, 2.75) is 37.3 Å². The molecule has 0 amide bonds. The van der Waals surface area contributed by atoms with Crippen LogP contribution >= 0.6 is 11.3 Å². The summed E-state index contributed by atoms with van der Waals surface area (Å²) < 4.78 is 32.5. The van der Waals surface area contributed by atoms with Crippen molar-refractivity contribution in [3.8, 4) is 0 Å². The first-order valence-corrected chi connectivity index (χ1v) is 8.14. The van der Waals surface area contributed by atoms with Crippen LogP contribution in [0.2, 0.25) is 0 Å². The molecule has 8 heteroatoms. The van der Waals surface area contributed by atoms with Gasteiger partial charge in [-0.25, -0.2) is 17.9 Å². The maximum absolute atomic E-state index is 12.3. The molecular formula is C11H15NO5S2. The summed E-state index contributed by atoms with van der Waals surface area (Å²) >= 11 is 0.920. The molecule has 0 bridgehead atoms. The summed E-state index contributed by atoms with van der Waals surface area (Å²) in [5, 5.41) is 10.6. The van der Waals surface area contributed by atoms with Crippen molar-refractivity contribution in [3.05, 3.63) is 15.8 Å². The monoisotopic (exact) mass is 305 g/mol. The van der Waals surface area contributed by atoms with Crippen molar-refractivity contribution in [2.75, 3.05) is 6.61 Å². The number of aromatic carboxylic acids is 1. The van der Waals surface area contributed by atoms with Gasteiger partial charge in [0, 0.05) is 6.61 Å². The number of thiophene rings is 1. The van der Waals surface area contributed by atoms with Gasteiger partial charge in [-0.05, 0) is 31.2 Å². The minimum atomic E-state index is -3.84. The summed E-state index contributed by atoms with van der Waals surface area (Å²) in [6.07, 6.45) is 0.383. The van der Waals surface area contributed by atoms with Gasteiger partial charge in [0.05, 0.1) is 12.1 Å². The molecule has 1 aromatic heterocycles. The Bertz CT molecular complexity index is 592. The highest BCUT2D eigenvalue weighted by Crippen LogP contribution is 2.28. The van der Waals surface area contributed by atoms with Crippen molar-refractivity contribution < 1.29 is 23.1 Å². The number of ether oxygens (including phenoxy) is 1. The van der Waals surface area contributed by atoms with Gasteiger partial charge in [-0.1, -0.05) is 0 Å². The number of hydrogen-bond acceptors (Lipinski definition) is 5. The van der Waals surface area contributed by atoms with Gasteiger partial charge in [-0.2, -0.15) is 0 Å². The fourth-order valence-electron chi connectivity index (χ4n) is 2.06. The minimum absolute atomic E-state index is 0.135. The Morgan fingerprint density at radius 2 is 2.26 bits per heavy atom. The third kappa shape index (κ3) is 2.81. The van der Waals surface area contributed by atoms with Gasteiger partial charge >= 0.3 is 5.97 Å². The third-order valence-corrected chi connectivity index (χ3v) is 5.96. The highest BCUT2D eigenvalue weighted by molar-refractivity contribution is 7.89. The maximum Gasteiger partial charge on any atom is 0.347 e. The largest absolute Gasteiger partial charge is 0.477 e. The second-order valence-corrected chi connectivity index (χ2v) is 7.00. The zero-order valence-electron chi connectivity index (χ0n) is 10.5. The first-order chi connectivity index (χ1) is 8.83. The Morgan fingerprint density at radius 3 is 2.79 bits per heavy atom. The van der Waals surface area contributed by atoms with Gasteiger partial charge in [0.15, 0.2) is 0 Å². The van der Waals surface area contributed by atoms with Crippen LogP contribution in [0.4, 0.5) is 0 Å². The van der Waals surface area contributed by atoms with Gasteiger partial charge in [0.25, 0.3) is 0 Å². The molecular weight excluding hydrogens is 290 g/mol. The quantitative estimate of drug-likeness (QED) is 0.872. The number of rotatable bonds is 4. The molecule has 1 aliphatic heterocycles. The molecule has 2 N–H and O–H groups in total. The van der Waals surface area contributed by atoms with Gasteiger partial charge in [-0.15, -0.1) is 11.3 Å². The van der Waals surface area contributed by atoms with Crippen molar-refractivity contribution in [3.63, 3.8) is 0 Å². The van der Waals surface area contributed by atoms with Crippen LogP contribution in [0.15, 0.2) is 10.3 Å². The molecule has 0 aliphatic carbocycles. The number of hydrogen-bond donors (Lipinski definition) is 2. The van der Waals surface area contributed by atoms with E-state index in [1.165, 1.54) is 5.38 Å². The summed E-state index contributed by atoms with van der Waals surface area (Å²) in [6.45, 7) is 3.88. The highest BCUT2D eigenvalue weighted by Gasteiger charge is 2.33. The van der Waals surface area contributed by atoms with Crippen LogP contribution in [-0.2, 0) is 14.8 Å². The van der Waals surface area contributed by atoms with E-state index >= 15 is 0 Å². The number of aryl methyl sites for hydroxylation is 1. The Balaban J connectivity index is 2.34. The molecule has 19 heavy (non-hydrogen) atoms. The lowest BCUT2D eigenvalue weighted by molar-refractivity contribution is 0.0698. The molecule has 106 valence electrons. The predicted molar refractivity (Wildman–Crippen MR) is 70.2 cm³/mol. The Morgan fingerprint density at radius 1 is 1.58 bits per heavy atom. The summed E-state index contributed by atoms with van der Waals surface area (Å²) in [5.74, 6) is -1.23. The molecule has 2 rings (SSSR count). The normalized spacial score (nSPS) is 23.7. The van der Waals surface area contributed by atoms with Gasteiger partial charge in [0.2, 0.25) is 10.0 Å². The average Bonchev–Trinajstić information content (AvgIpc) is 2.86. The standard InChI is InChI=1S/C11H15NO5S2/c1-6-5-18-9(11(13)14)10(6)19(15,16)12-8-3-4-17-7(8)2/h5,7-8,12H,3-4H2,1-2H3,(H,13,14). The number of carboxylic acids is 1. The first-order valence-electron chi connectivity index (χ1n) is 5.78. The van der Waals surface area contributed by atoms with E-state index in [4.69, 9.17) is 9.84 Å². The van der Waals surface area contributed by atoms with E-state index < -0.39 is 16.0 Å². The van der Waals surface area contributed by atoms with Crippen LogP contribution in [0.5, 0.6) is 0 Å². The first kappa shape index (κ1) is 14.4. The zero-order valence-corrected chi connectivity index (χ0v) is 12.2. The van der Waals surface area contributed by atoms with Crippen LogP contribution in [0.3, 0.4) is 0 Å². The topological polar surface area (TPSA) is 92.7 Å². The van der Waals surface area contributed by atoms with E-state index in [1.54, 1.807) is 13.8 Å².